The molecule has 116 valence electrons. The van der Waals surface area contributed by atoms with E-state index in [1.165, 1.54) is 70.6 Å². The van der Waals surface area contributed by atoms with Crippen LogP contribution in [0.2, 0.25) is 6.32 Å². The lowest BCUT2D eigenvalue weighted by molar-refractivity contribution is 0.578. The zero-order valence-corrected chi connectivity index (χ0v) is 13.7. The molecule has 0 unspecified atom stereocenters. The van der Waals surface area contributed by atoms with Crippen LogP contribution in [0.15, 0.2) is 24.3 Å². The third-order valence-corrected chi connectivity index (χ3v) is 3.61. The number of hydrogen-bond donors (Lipinski definition) is 1. The van der Waals surface area contributed by atoms with Gasteiger partial charge in [-0.15, -0.1) is 0 Å². The van der Waals surface area contributed by atoms with E-state index in [1.54, 1.807) is 0 Å². The predicted octanol–water partition coefficient (Wildman–Crippen LogP) is 5.56. The first-order chi connectivity index (χ1) is 9.91. The summed E-state index contributed by atoms with van der Waals surface area (Å²) in [6.45, 7) is 2.25. The van der Waals surface area contributed by atoms with Crippen molar-refractivity contribution in [1.29, 1.82) is 0 Å². The molecule has 0 heterocycles. The van der Waals surface area contributed by atoms with Crippen molar-refractivity contribution in [3.63, 3.8) is 0 Å². The van der Waals surface area contributed by atoms with Crippen LogP contribution >= 0.6 is 0 Å². The number of rotatable bonds is 15. The highest BCUT2D eigenvalue weighted by atomic mass is 16.2. The molecule has 0 radical (unpaired) electrons. The smallest absolute Gasteiger partial charge is 0.270 e. The van der Waals surface area contributed by atoms with E-state index < -0.39 is 0 Å². The molecule has 0 bridgehead atoms. The second-order valence-corrected chi connectivity index (χ2v) is 5.66. The van der Waals surface area contributed by atoms with Crippen LogP contribution < -0.4 is 0 Å². The molecule has 0 rings (SSSR count). The molecule has 0 aliphatic heterocycles. The van der Waals surface area contributed by atoms with Gasteiger partial charge in [0.25, 0.3) is 7.48 Å². The zero-order chi connectivity index (χ0) is 14.7. The van der Waals surface area contributed by atoms with E-state index in [2.05, 4.69) is 31.2 Å². The Kier molecular flexibility index (Phi) is 18.0. The highest BCUT2D eigenvalue weighted by Gasteiger charge is 1.91. The van der Waals surface area contributed by atoms with Crippen LogP contribution in [0.4, 0.5) is 0 Å². The maximum atomic E-state index is 8.67. The molecule has 0 aliphatic carbocycles. The fourth-order valence-electron chi connectivity index (χ4n) is 2.28. The largest absolute Gasteiger partial charge is 0.454 e. The minimum absolute atomic E-state index is 0.359. The van der Waals surface area contributed by atoms with Crippen LogP contribution in [0, 0.1) is 0 Å². The second-order valence-electron chi connectivity index (χ2n) is 5.66. The minimum Gasteiger partial charge on any atom is -0.454 e. The van der Waals surface area contributed by atoms with Gasteiger partial charge in [-0.3, -0.25) is 0 Å². The molecule has 1 nitrogen and oxygen atoms in total. The Balaban J connectivity index is 3.12. The van der Waals surface area contributed by atoms with Crippen LogP contribution in [0.5, 0.6) is 0 Å². The van der Waals surface area contributed by atoms with Crippen molar-refractivity contribution in [2.75, 3.05) is 0 Å². The van der Waals surface area contributed by atoms with Gasteiger partial charge in [0, 0.05) is 0 Å². The maximum absolute atomic E-state index is 8.67. The van der Waals surface area contributed by atoms with Gasteiger partial charge in [-0.2, -0.15) is 0 Å². The van der Waals surface area contributed by atoms with Crippen molar-refractivity contribution < 1.29 is 5.02 Å². The highest BCUT2D eigenvalue weighted by molar-refractivity contribution is 6.25. The Hall–Kier alpha value is -0.495. The maximum Gasteiger partial charge on any atom is 0.270 e. The Labute approximate surface area is 127 Å². The third-order valence-electron chi connectivity index (χ3n) is 3.61. The van der Waals surface area contributed by atoms with Gasteiger partial charge < -0.3 is 5.02 Å². The molecule has 0 aliphatic rings. The van der Waals surface area contributed by atoms with Gasteiger partial charge in [0.2, 0.25) is 0 Å². The van der Waals surface area contributed by atoms with Crippen LogP contribution in [0.25, 0.3) is 0 Å². The lowest BCUT2D eigenvalue weighted by Crippen LogP contribution is -1.86. The Morgan fingerprint density at radius 2 is 1.25 bits per heavy atom. The lowest BCUT2D eigenvalue weighted by atomic mass is 9.92. The standard InChI is InChI=1S/C18H35BO/c1-2-3-4-5-6-7-8-9-10-11-12-13-14-15-16-17-18-19-20/h6-7,9-10,19-20H,2-5,8,11-18H2,1H3/b7-6-,10-9-. The van der Waals surface area contributed by atoms with Crippen molar-refractivity contribution in [2.24, 2.45) is 0 Å². The van der Waals surface area contributed by atoms with Crippen molar-refractivity contribution >= 4 is 7.48 Å². The zero-order valence-electron chi connectivity index (χ0n) is 13.7. The van der Waals surface area contributed by atoms with E-state index in [-0.39, 0.29) is 0 Å². The molecule has 0 spiro atoms. The first-order valence-corrected chi connectivity index (χ1v) is 8.82. The molecule has 0 aromatic rings. The SMILES string of the molecule is CCCCC/C=C\C/C=C\CCCCCCCCBO. The first-order valence-electron chi connectivity index (χ1n) is 8.82. The van der Waals surface area contributed by atoms with E-state index >= 15 is 0 Å². The molecule has 0 atom stereocenters. The van der Waals surface area contributed by atoms with E-state index in [1.807, 2.05) is 0 Å². The summed E-state index contributed by atoms with van der Waals surface area (Å²) in [5.74, 6) is 0. The van der Waals surface area contributed by atoms with Gasteiger partial charge in [-0.1, -0.05) is 82.5 Å². The molecule has 0 saturated heterocycles. The summed E-state index contributed by atoms with van der Waals surface area (Å²) in [6.07, 6.45) is 25.7. The van der Waals surface area contributed by atoms with Crippen LogP contribution in [0.1, 0.15) is 84.0 Å². The molecule has 0 amide bonds. The van der Waals surface area contributed by atoms with Crippen LogP contribution in [0.3, 0.4) is 0 Å². The Morgan fingerprint density at radius 3 is 1.85 bits per heavy atom. The summed E-state index contributed by atoms with van der Waals surface area (Å²) < 4.78 is 0. The summed E-state index contributed by atoms with van der Waals surface area (Å²) in [5.41, 5.74) is 0. The summed E-state index contributed by atoms with van der Waals surface area (Å²) in [7, 11) is 0.359. The van der Waals surface area contributed by atoms with Crippen molar-refractivity contribution in [3.05, 3.63) is 24.3 Å². The molecular formula is C18H35BO. The third kappa shape index (κ3) is 17.5. The molecule has 2 heteroatoms. The van der Waals surface area contributed by atoms with Gasteiger partial charge in [-0.05, 0) is 32.1 Å². The molecule has 1 N–H and O–H groups in total. The van der Waals surface area contributed by atoms with E-state index in [9.17, 15) is 0 Å². The molecule has 0 aromatic heterocycles. The highest BCUT2D eigenvalue weighted by Crippen LogP contribution is 2.09. The quantitative estimate of drug-likeness (QED) is 0.236. The lowest BCUT2D eigenvalue weighted by Gasteiger charge is -1.99. The number of hydrogen-bond acceptors (Lipinski definition) is 1. The monoisotopic (exact) mass is 278 g/mol. The van der Waals surface area contributed by atoms with Gasteiger partial charge >= 0.3 is 0 Å². The topological polar surface area (TPSA) is 20.2 Å². The van der Waals surface area contributed by atoms with Crippen molar-refractivity contribution in [3.8, 4) is 0 Å². The summed E-state index contributed by atoms with van der Waals surface area (Å²) in [4.78, 5) is 0. The van der Waals surface area contributed by atoms with Gasteiger partial charge in [0.05, 0.1) is 0 Å². The van der Waals surface area contributed by atoms with E-state index in [0.29, 0.717) is 7.48 Å². The molecule has 20 heavy (non-hydrogen) atoms. The molecule has 0 saturated carbocycles. The van der Waals surface area contributed by atoms with Gasteiger partial charge in [-0.25, -0.2) is 0 Å². The predicted molar refractivity (Wildman–Crippen MR) is 93.5 cm³/mol. The van der Waals surface area contributed by atoms with Crippen molar-refractivity contribution in [2.45, 2.75) is 90.3 Å². The first kappa shape index (κ1) is 19.5. The summed E-state index contributed by atoms with van der Waals surface area (Å²) in [6, 6.07) is 0. The molecular weight excluding hydrogens is 243 g/mol. The summed E-state index contributed by atoms with van der Waals surface area (Å²) >= 11 is 0. The second kappa shape index (κ2) is 18.5. The normalized spacial score (nSPS) is 11.7. The van der Waals surface area contributed by atoms with Crippen LogP contribution in [-0.4, -0.2) is 12.5 Å². The fraction of sp³-hybridized carbons (Fsp3) is 0.778. The van der Waals surface area contributed by atoms with Gasteiger partial charge in [0.1, 0.15) is 0 Å². The molecule has 0 aromatic carbocycles. The Bertz CT molecular complexity index is 223. The van der Waals surface area contributed by atoms with Gasteiger partial charge in [0.15, 0.2) is 0 Å². The number of allylic oxidation sites excluding steroid dienone is 4. The van der Waals surface area contributed by atoms with Crippen molar-refractivity contribution in [1.82, 2.24) is 0 Å². The van der Waals surface area contributed by atoms with E-state index in [4.69, 9.17) is 5.02 Å². The van der Waals surface area contributed by atoms with E-state index in [0.717, 1.165) is 12.7 Å². The fourth-order valence-corrected chi connectivity index (χ4v) is 2.28. The average Bonchev–Trinajstić information content (AvgIpc) is 2.47. The summed E-state index contributed by atoms with van der Waals surface area (Å²) in [5, 5.41) is 8.67. The Morgan fingerprint density at radius 1 is 0.700 bits per heavy atom. The average molecular weight is 278 g/mol. The number of unbranched alkanes of at least 4 members (excludes halogenated alkanes) is 9. The molecule has 0 fully saturated rings. The van der Waals surface area contributed by atoms with Crippen LogP contribution in [-0.2, 0) is 0 Å². The minimum atomic E-state index is 0.359.